The van der Waals surface area contributed by atoms with Gasteiger partial charge in [0.1, 0.15) is 66.2 Å². The summed E-state index contributed by atoms with van der Waals surface area (Å²) < 4.78 is 0. The highest BCUT2D eigenvalue weighted by molar-refractivity contribution is 6.00. The van der Waals surface area contributed by atoms with Crippen molar-refractivity contribution in [3.05, 3.63) is 65.7 Å². The first-order valence-corrected chi connectivity index (χ1v) is 29.7. The Morgan fingerprint density at radius 1 is 0.533 bits per heavy atom. The first-order valence-electron chi connectivity index (χ1n) is 29.7. The summed E-state index contributed by atoms with van der Waals surface area (Å²) in [4.78, 5) is 177. The number of hydrogen-bond donors (Lipinski definition) is 16. The van der Waals surface area contributed by atoms with Gasteiger partial charge in [-0.25, -0.2) is 4.79 Å². The smallest absolute Gasteiger partial charge is 0.326 e. The number of likely N-dealkylation sites (tertiary alicyclic amines) is 2. The van der Waals surface area contributed by atoms with Crippen LogP contribution in [0.15, 0.2) is 54.6 Å². The van der Waals surface area contributed by atoms with Gasteiger partial charge >= 0.3 is 11.9 Å². The Morgan fingerprint density at radius 2 is 0.989 bits per heavy atom. The van der Waals surface area contributed by atoms with E-state index in [1.807, 2.05) is 13.8 Å². The molecule has 0 radical (unpaired) electrons. The number of primary amides is 1. The Balaban J connectivity index is 1.51. The van der Waals surface area contributed by atoms with E-state index in [9.17, 15) is 93.0 Å². The van der Waals surface area contributed by atoms with Gasteiger partial charge in [-0.05, 0) is 87.0 Å². The molecule has 11 amide bonds. The number of carbonyl (C=O) groups excluding carboxylic acids is 11. The van der Waals surface area contributed by atoms with E-state index in [2.05, 4.69) is 42.5 Å². The molecule has 2 aromatic rings. The number of phenolic OH excluding ortho intramolecular Hbond substituents is 1. The Kier molecular flexibility index (Phi) is 29.0. The second-order valence-corrected chi connectivity index (χ2v) is 23.3. The zero-order chi connectivity index (χ0) is 67.1. The maximum atomic E-state index is 14.7. The molecule has 0 aromatic heterocycles. The lowest BCUT2D eigenvalue weighted by Crippen LogP contribution is -2.62. The summed E-state index contributed by atoms with van der Waals surface area (Å²) in [6, 6.07) is -2.86. The van der Waals surface area contributed by atoms with Crippen LogP contribution in [0.1, 0.15) is 104 Å². The fourth-order valence-corrected chi connectivity index (χ4v) is 10.3. The van der Waals surface area contributed by atoms with Gasteiger partial charge in [0.2, 0.25) is 65.0 Å². The second kappa shape index (κ2) is 35.4. The topological polar surface area (TPSA) is 498 Å². The van der Waals surface area contributed by atoms with Crippen LogP contribution < -0.4 is 54.0 Å². The van der Waals surface area contributed by atoms with Crippen molar-refractivity contribution in [1.29, 1.82) is 0 Å². The molecular formula is C59H86N12O19. The first-order chi connectivity index (χ1) is 42.4. The first kappa shape index (κ1) is 73.7. The fraction of sp³-hybridized carbons (Fsp3) is 0.576. The number of carboxylic acid groups (broad SMARTS) is 2. The quantitative estimate of drug-likeness (QED) is 0.0310. The number of aliphatic hydroxyl groups excluding tert-OH is 3. The van der Waals surface area contributed by atoms with Gasteiger partial charge < -0.3 is 94.4 Å². The van der Waals surface area contributed by atoms with Crippen LogP contribution in [0.3, 0.4) is 0 Å². The Hall–Kier alpha value is -8.81. The van der Waals surface area contributed by atoms with Crippen molar-refractivity contribution in [2.75, 3.05) is 26.3 Å². The van der Waals surface area contributed by atoms with Crippen molar-refractivity contribution in [3.8, 4) is 5.75 Å². The highest BCUT2D eigenvalue weighted by atomic mass is 16.4. The molecule has 2 heterocycles. The predicted octanol–water partition coefficient (Wildman–Crippen LogP) is -4.35. The second-order valence-electron chi connectivity index (χ2n) is 23.3. The molecule has 0 spiro atoms. The number of aliphatic hydroxyl groups is 3. The van der Waals surface area contributed by atoms with Crippen LogP contribution in [0.5, 0.6) is 5.75 Å². The average molecular weight is 1270 g/mol. The van der Waals surface area contributed by atoms with Crippen molar-refractivity contribution < 1.29 is 93.0 Å². The number of carboxylic acids is 2. The van der Waals surface area contributed by atoms with Crippen molar-refractivity contribution in [1.82, 2.24) is 52.3 Å². The lowest BCUT2D eigenvalue weighted by molar-refractivity contribution is -0.144. The molecule has 2 aliphatic heterocycles. The van der Waals surface area contributed by atoms with Crippen LogP contribution in [0, 0.1) is 11.8 Å². The van der Waals surface area contributed by atoms with Crippen molar-refractivity contribution >= 4 is 76.9 Å². The molecule has 0 bridgehead atoms. The molecule has 31 nitrogen and oxygen atoms in total. The molecule has 4 rings (SSSR count). The van der Waals surface area contributed by atoms with E-state index in [0.29, 0.717) is 17.5 Å². The highest BCUT2D eigenvalue weighted by Gasteiger charge is 2.43. The van der Waals surface area contributed by atoms with Crippen LogP contribution in [0.4, 0.5) is 0 Å². The Labute approximate surface area is 519 Å². The van der Waals surface area contributed by atoms with E-state index in [-0.39, 0.29) is 75.6 Å². The number of aromatic hydroxyl groups is 1. The summed E-state index contributed by atoms with van der Waals surface area (Å²) >= 11 is 0. The molecule has 2 aromatic carbocycles. The van der Waals surface area contributed by atoms with E-state index in [1.54, 1.807) is 44.2 Å². The van der Waals surface area contributed by atoms with Gasteiger partial charge in [0.05, 0.1) is 31.8 Å². The van der Waals surface area contributed by atoms with Crippen LogP contribution in [-0.2, 0) is 75.2 Å². The zero-order valence-corrected chi connectivity index (χ0v) is 50.9. The van der Waals surface area contributed by atoms with E-state index < -0.39 is 182 Å². The molecule has 2 aliphatic rings. The van der Waals surface area contributed by atoms with Gasteiger partial charge in [0, 0.05) is 32.4 Å². The molecule has 0 aliphatic carbocycles. The number of aliphatic carboxylic acids is 2. The lowest BCUT2D eigenvalue weighted by atomic mass is 10.0. The Bertz CT molecular complexity index is 2860. The van der Waals surface area contributed by atoms with Crippen LogP contribution >= 0.6 is 0 Å². The summed E-state index contributed by atoms with van der Waals surface area (Å²) in [7, 11) is 0. The molecule has 496 valence electrons. The largest absolute Gasteiger partial charge is 0.508 e. The maximum absolute atomic E-state index is 14.7. The van der Waals surface area contributed by atoms with Gasteiger partial charge in [-0.2, -0.15) is 0 Å². The molecule has 31 heteroatoms. The fourth-order valence-electron chi connectivity index (χ4n) is 10.3. The van der Waals surface area contributed by atoms with Gasteiger partial charge in [-0.1, -0.05) is 70.2 Å². The van der Waals surface area contributed by atoms with Gasteiger partial charge in [0.15, 0.2) is 0 Å². The third kappa shape index (κ3) is 22.7. The molecular weight excluding hydrogens is 1180 g/mol. The molecule has 18 N–H and O–H groups in total. The number of benzene rings is 2. The SMILES string of the molecule is CC(C)C[C@H](NC(=O)[C@H](CC(N)=O)NC(=O)[C@H](CCC(=O)O)NC(=O)[C@@H]1CCCN1C(=O)[C@H](Cc1ccc(O)cc1)NC(=O)[C@H](CO)NC(=O)[C@@H]1CCCN1C(=O)[C@H](CO)NC(=O)[C@@H](NC(=O)[C@H](Cc1ccccc1)NC(=O)[C@@H](N)CC(C)C)[C@@H](C)O)C(=O)O. The molecule has 12 atom stereocenters. The van der Waals surface area contributed by atoms with Crippen LogP contribution in [0.2, 0.25) is 0 Å². The number of phenols is 1. The number of amides is 11. The summed E-state index contributed by atoms with van der Waals surface area (Å²) in [6.45, 7) is 5.95. The number of carbonyl (C=O) groups is 13. The van der Waals surface area contributed by atoms with Gasteiger partial charge in [0.25, 0.3) is 0 Å². The molecule has 2 saturated heterocycles. The molecule has 0 unspecified atom stereocenters. The van der Waals surface area contributed by atoms with Crippen LogP contribution in [-0.4, -0.2) is 216 Å². The monoisotopic (exact) mass is 1270 g/mol. The highest BCUT2D eigenvalue weighted by Crippen LogP contribution is 2.23. The maximum Gasteiger partial charge on any atom is 0.326 e. The van der Waals surface area contributed by atoms with Gasteiger partial charge in [-0.3, -0.25) is 57.5 Å². The van der Waals surface area contributed by atoms with E-state index in [0.717, 1.165) is 9.80 Å². The van der Waals surface area contributed by atoms with Gasteiger partial charge in [-0.15, -0.1) is 0 Å². The molecule has 90 heavy (non-hydrogen) atoms. The van der Waals surface area contributed by atoms with E-state index in [4.69, 9.17) is 11.5 Å². The van der Waals surface area contributed by atoms with Crippen molar-refractivity contribution in [2.45, 2.75) is 178 Å². The zero-order valence-electron chi connectivity index (χ0n) is 50.9. The number of nitrogens with zero attached hydrogens (tertiary/aromatic N) is 2. The number of rotatable bonds is 35. The number of hydrogen-bond acceptors (Lipinski definition) is 18. The summed E-state index contributed by atoms with van der Waals surface area (Å²) in [5.41, 5.74) is 12.4. The summed E-state index contributed by atoms with van der Waals surface area (Å²) in [6.07, 6.45) is -3.48. The lowest BCUT2D eigenvalue weighted by Gasteiger charge is -2.31. The summed E-state index contributed by atoms with van der Waals surface area (Å²) in [5, 5.41) is 80.1. The number of nitrogens with two attached hydrogens (primary N) is 2. The normalized spacial score (nSPS) is 18.0. The van der Waals surface area contributed by atoms with Crippen LogP contribution in [0.25, 0.3) is 0 Å². The summed E-state index contributed by atoms with van der Waals surface area (Å²) in [5.74, 6) is -14.2. The minimum Gasteiger partial charge on any atom is -0.508 e. The Morgan fingerprint density at radius 3 is 1.50 bits per heavy atom. The minimum absolute atomic E-state index is 0.0146. The third-order valence-electron chi connectivity index (χ3n) is 15.0. The van der Waals surface area contributed by atoms with Crippen molar-refractivity contribution in [2.24, 2.45) is 23.3 Å². The minimum atomic E-state index is -1.81. The predicted molar refractivity (Wildman–Crippen MR) is 318 cm³/mol. The third-order valence-corrected chi connectivity index (χ3v) is 15.0. The number of nitrogens with one attached hydrogen (secondary N) is 8. The average Bonchev–Trinajstić information content (AvgIpc) is 1.69. The van der Waals surface area contributed by atoms with E-state index in [1.165, 1.54) is 31.2 Å². The molecule has 2 fully saturated rings. The standard InChI is InChI=1S/C59H86N12O19/c1-30(2)23-36(60)49(79)63-38(25-33-11-7-6-8-12-33)52(82)69-48(32(5)74)56(86)68-43(29-73)58(88)71-22-10-14-45(71)55(85)67-42(28-72)53(83)65-40(26-34-15-17-35(75)18-16-34)57(87)70-21-9-13-44(70)54(84)62-37(19-20-47(77)78)50(80)64-39(27-46(61)76)51(81)66-41(59(89)90)24-31(3)4/h6-8,11-12,15-18,30-32,36-45,48,72-75H,9-10,13-14,19-29,60H2,1-5H3,(H2,61,76)(H,62,84)(H,63,79)(H,64,80)(H,65,83)(H,66,81)(H,67,85)(H,68,86)(H,69,82)(H,77,78)(H,89,90)/t32-,36+,37+,38+,39+,40+,41+,42+,43+,44+,45+,48+/m1/s1. The van der Waals surface area contributed by atoms with Crippen molar-refractivity contribution in [3.63, 3.8) is 0 Å². The molecule has 0 saturated carbocycles. The van der Waals surface area contributed by atoms with E-state index >= 15 is 0 Å².